The average Bonchev–Trinajstić information content (AvgIpc) is 3.17. The van der Waals surface area contributed by atoms with Crippen molar-refractivity contribution < 1.29 is 17.9 Å². The van der Waals surface area contributed by atoms with Crippen LogP contribution in [0.15, 0.2) is 52.5 Å². The van der Waals surface area contributed by atoms with Gasteiger partial charge in [-0.15, -0.1) is 5.10 Å². The second-order valence-electron chi connectivity index (χ2n) is 6.40. The van der Waals surface area contributed by atoms with Crippen molar-refractivity contribution in [2.75, 3.05) is 23.6 Å². The maximum Gasteiger partial charge on any atom is 0.261 e. The fraction of sp³-hybridized carbons (Fsp3) is 0.211. The van der Waals surface area contributed by atoms with E-state index in [9.17, 15) is 13.2 Å². The molecule has 1 aromatic heterocycles. The van der Waals surface area contributed by atoms with Gasteiger partial charge >= 0.3 is 0 Å². The molecular formula is C19H19Cl2N5O4S2. The zero-order valence-electron chi connectivity index (χ0n) is 16.8. The van der Waals surface area contributed by atoms with Crippen molar-refractivity contribution in [1.82, 2.24) is 20.5 Å². The highest BCUT2D eigenvalue weighted by Gasteiger charge is 2.17. The van der Waals surface area contributed by atoms with Gasteiger partial charge in [-0.1, -0.05) is 35.0 Å². The number of nitrogens with zero attached hydrogens (tertiary/aromatic N) is 2. The molecule has 1 heterocycles. The first-order chi connectivity index (χ1) is 15.2. The third-order valence-electron chi connectivity index (χ3n) is 3.90. The molecule has 0 radical (unpaired) electrons. The van der Waals surface area contributed by atoms with E-state index in [0.29, 0.717) is 28.2 Å². The van der Waals surface area contributed by atoms with Crippen molar-refractivity contribution >= 4 is 56.6 Å². The summed E-state index contributed by atoms with van der Waals surface area (Å²) in [6.45, 7) is 1.94. The molecule has 0 aliphatic carbocycles. The summed E-state index contributed by atoms with van der Waals surface area (Å²) in [5.41, 5.74) is 0.360. The molecule has 2 aromatic carbocycles. The summed E-state index contributed by atoms with van der Waals surface area (Å²) in [5, 5.41) is 10.6. The van der Waals surface area contributed by atoms with E-state index in [1.165, 1.54) is 30.0 Å². The first-order valence-electron chi connectivity index (χ1n) is 9.22. The van der Waals surface area contributed by atoms with Gasteiger partial charge in [-0.25, -0.2) is 13.4 Å². The van der Waals surface area contributed by atoms with Gasteiger partial charge in [-0.3, -0.25) is 14.6 Å². The summed E-state index contributed by atoms with van der Waals surface area (Å²) in [4.78, 5) is 16.1. The lowest BCUT2D eigenvalue weighted by Gasteiger charge is -2.11. The fourth-order valence-corrected chi connectivity index (χ4v) is 4.62. The number of rotatable bonds is 10. The summed E-state index contributed by atoms with van der Waals surface area (Å²) in [5.74, 6) is 1.17. The number of carbonyl (C=O) groups is 1. The summed E-state index contributed by atoms with van der Waals surface area (Å²) in [6, 6.07) is 10.2. The molecule has 3 aromatic rings. The predicted octanol–water partition coefficient (Wildman–Crippen LogP) is 3.51. The maximum absolute atomic E-state index is 12.5. The van der Waals surface area contributed by atoms with Crippen molar-refractivity contribution in [2.24, 2.45) is 0 Å². The van der Waals surface area contributed by atoms with Gasteiger partial charge < -0.3 is 10.1 Å². The monoisotopic (exact) mass is 515 g/mol. The molecule has 0 aliphatic heterocycles. The van der Waals surface area contributed by atoms with Crippen LogP contribution in [-0.2, 0) is 14.8 Å². The molecule has 3 rings (SSSR count). The van der Waals surface area contributed by atoms with E-state index in [4.69, 9.17) is 27.9 Å². The number of nitrogens with one attached hydrogen (secondary N) is 3. The second-order valence-corrected chi connectivity index (χ2v) is 9.98. The average molecular weight is 516 g/mol. The first-order valence-corrected chi connectivity index (χ1v) is 12.4. The minimum Gasteiger partial charge on any atom is -0.482 e. The number of aromatic nitrogens is 3. The smallest absolute Gasteiger partial charge is 0.261 e. The number of aryl methyl sites for hydroxylation is 1. The van der Waals surface area contributed by atoms with Crippen molar-refractivity contribution in [1.29, 1.82) is 0 Å². The van der Waals surface area contributed by atoms with Crippen molar-refractivity contribution in [3.05, 3.63) is 58.3 Å². The highest BCUT2D eigenvalue weighted by molar-refractivity contribution is 7.99. The van der Waals surface area contributed by atoms with Crippen LogP contribution < -0.4 is 14.8 Å². The molecule has 13 heteroatoms. The van der Waals surface area contributed by atoms with Crippen molar-refractivity contribution in [3.63, 3.8) is 0 Å². The van der Waals surface area contributed by atoms with E-state index in [2.05, 4.69) is 25.2 Å². The number of ether oxygens (including phenoxy) is 1. The van der Waals surface area contributed by atoms with E-state index >= 15 is 0 Å². The van der Waals surface area contributed by atoms with Gasteiger partial charge in [-0.2, -0.15) is 0 Å². The number of hydrogen-bond donors (Lipinski definition) is 3. The number of benzene rings is 2. The number of halogens is 2. The van der Waals surface area contributed by atoms with Crippen LogP contribution >= 0.6 is 35.0 Å². The Morgan fingerprint density at radius 3 is 2.59 bits per heavy atom. The topological polar surface area (TPSA) is 126 Å². The quantitative estimate of drug-likeness (QED) is 0.278. The van der Waals surface area contributed by atoms with Gasteiger partial charge in [0, 0.05) is 23.0 Å². The van der Waals surface area contributed by atoms with E-state index in [1.54, 1.807) is 31.2 Å². The molecule has 0 spiro atoms. The van der Waals surface area contributed by atoms with Crippen molar-refractivity contribution in [3.8, 4) is 5.75 Å². The molecular weight excluding hydrogens is 497 g/mol. The Kier molecular flexibility index (Phi) is 8.24. The lowest BCUT2D eigenvalue weighted by molar-refractivity contribution is -0.122. The van der Waals surface area contributed by atoms with Crippen LogP contribution in [0.1, 0.15) is 5.82 Å². The number of sulfonamides is 1. The van der Waals surface area contributed by atoms with E-state index in [1.807, 2.05) is 0 Å². The van der Waals surface area contributed by atoms with Crippen LogP contribution in [-0.4, -0.2) is 48.4 Å². The number of amides is 1. The Morgan fingerprint density at radius 1 is 1.19 bits per heavy atom. The lowest BCUT2D eigenvalue weighted by Crippen LogP contribution is -2.30. The van der Waals surface area contributed by atoms with E-state index in [0.717, 1.165) is 5.82 Å². The Bertz CT molecular complexity index is 1190. The van der Waals surface area contributed by atoms with Gasteiger partial charge in [0.1, 0.15) is 11.6 Å². The Balaban J connectivity index is 1.48. The molecule has 0 aliphatic rings. The third kappa shape index (κ3) is 7.02. The summed E-state index contributed by atoms with van der Waals surface area (Å²) in [6.07, 6.45) is 0. The van der Waals surface area contributed by atoms with Crippen LogP contribution in [0.5, 0.6) is 5.75 Å². The molecule has 0 fully saturated rings. The summed E-state index contributed by atoms with van der Waals surface area (Å²) >= 11 is 13.4. The van der Waals surface area contributed by atoms with E-state index in [-0.39, 0.29) is 28.2 Å². The van der Waals surface area contributed by atoms with Crippen LogP contribution in [0.25, 0.3) is 0 Å². The largest absolute Gasteiger partial charge is 0.482 e. The van der Waals surface area contributed by atoms with Gasteiger partial charge in [-0.05, 0) is 49.4 Å². The zero-order valence-corrected chi connectivity index (χ0v) is 19.9. The number of anilines is 1. The molecule has 0 unspecified atom stereocenters. The molecule has 0 saturated carbocycles. The van der Waals surface area contributed by atoms with Crippen LogP contribution in [0.2, 0.25) is 10.0 Å². The number of carbonyl (C=O) groups excluding carboxylic acids is 1. The lowest BCUT2D eigenvalue weighted by atomic mass is 10.3. The SMILES string of the molecule is Cc1nc(SCCNC(=O)COc2ccc(S(=O)(=O)Nc3ccc(Cl)cc3)cc2Cl)n[nH]1. The normalized spacial score (nSPS) is 11.2. The molecule has 0 atom stereocenters. The highest BCUT2D eigenvalue weighted by Crippen LogP contribution is 2.28. The van der Waals surface area contributed by atoms with Gasteiger partial charge in [0.2, 0.25) is 5.16 Å². The van der Waals surface area contributed by atoms with Crippen molar-refractivity contribution in [2.45, 2.75) is 17.0 Å². The molecule has 0 bridgehead atoms. The predicted molar refractivity (Wildman–Crippen MR) is 124 cm³/mol. The number of H-pyrrole nitrogens is 1. The summed E-state index contributed by atoms with van der Waals surface area (Å²) < 4.78 is 32.9. The van der Waals surface area contributed by atoms with Gasteiger partial charge in [0.25, 0.3) is 15.9 Å². The fourth-order valence-electron chi connectivity index (χ4n) is 2.41. The minimum atomic E-state index is -3.86. The van der Waals surface area contributed by atoms with E-state index < -0.39 is 10.0 Å². The summed E-state index contributed by atoms with van der Waals surface area (Å²) in [7, 11) is -3.86. The standard InChI is InChI=1S/C19H19Cl2N5O4S2/c1-12-23-19(25-24-12)31-9-8-22-18(27)11-30-17-7-6-15(10-16(17)21)32(28,29)26-14-4-2-13(20)3-5-14/h2-7,10,26H,8-9,11H2,1H3,(H,22,27)(H,23,24,25). The second kappa shape index (κ2) is 10.9. The molecule has 32 heavy (non-hydrogen) atoms. The van der Waals surface area contributed by atoms with Crippen LogP contribution in [0.3, 0.4) is 0 Å². The molecule has 170 valence electrons. The number of thioether (sulfide) groups is 1. The number of aromatic amines is 1. The Morgan fingerprint density at radius 2 is 1.94 bits per heavy atom. The zero-order chi connectivity index (χ0) is 23.1. The maximum atomic E-state index is 12.5. The first kappa shape index (κ1) is 24.2. The van der Waals surface area contributed by atoms with Gasteiger partial charge in [0.15, 0.2) is 6.61 Å². The Labute approximate surface area is 199 Å². The molecule has 9 nitrogen and oxygen atoms in total. The van der Waals surface area contributed by atoms with Gasteiger partial charge in [0.05, 0.1) is 9.92 Å². The van der Waals surface area contributed by atoms with Crippen LogP contribution in [0, 0.1) is 6.92 Å². The third-order valence-corrected chi connectivity index (χ3v) is 6.68. The minimum absolute atomic E-state index is 0.0477. The highest BCUT2D eigenvalue weighted by atomic mass is 35.5. The molecule has 1 amide bonds. The molecule has 0 saturated heterocycles. The van der Waals surface area contributed by atoms with Crippen LogP contribution in [0.4, 0.5) is 5.69 Å². The Hall–Kier alpha value is -2.47. The number of hydrogen-bond acceptors (Lipinski definition) is 7. The molecule has 3 N–H and O–H groups in total.